The highest BCUT2D eigenvalue weighted by Gasteiger charge is 2.52. The summed E-state index contributed by atoms with van der Waals surface area (Å²) >= 11 is 0. The Kier molecular flexibility index (Phi) is 2.56. The van der Waals surface area contributed by atoms with E-state index < -0.39 is 0 Å². The average Bonchev–Trinajstić information content (AvgIpc) is 2.20. The zero-order chi connectivity index (χ0) is 10.3. The first kappa shape index (κ1) is 10.7. The molecule has 13 heavy (non-hydrogen) atoms. The van der Waals surface area contributed by atoms with Gasteiger partial charge >= 0.3 is 7.12 Å². The molecule has 1 atom stereocenters. The van der Waals surface area contributed by atoms with E-state index in [1.165, 1.54) is 0 Å². The predicted octanol–water partition coefficient (Wildman–Crippen LogP) is 1.71. The van der Waals surface area contributed by atoms with Crippen LogP contribution in [0.1, 0.15) is 34.6 Å². The molecule has 74 valence electrons. The molecule has 4 heteroatoms. The summed E-state index contributed by atoms with van der Waals surface area (Å²) < 4.78 is 11.5. The van der Waals surface area contributed by atoms with E-state index in [0.717, 1.165) is 0 Å². The van der Waals surface area contributed by atoms with Crippen LogP contribution in [0.2, 0.25) is 0 Å². The van der Waals surface area contributed by atoms with Crippen LogP contribution in [0.15, 0.2) is 4.99 Å². The van der Waals surface area contributed by atoms with E-state index >= 15 is 0 Å². The van der Waals surface area contributed by atoms with Crippen molar-refractivity contribution in [2.75, 3.05) is 0 Å². The van der Waals surface area contributed by atoms with Crippen LogP contribution >= 0.6 is 0 Å². The minimum atomic E-state index is -0.267. The van der Waals surface area contributed by atoms with Crippen LogP contribution in [0.4, 0.5) is 0 Å². The van der Waals surface area contributed by atoms with Crippen molar-refractivity contribution >= 4 is 13.8 Å². The SMILES string of the molecule is C=NC(C)B1OC(C)(C)C(C)(C)O1. The second-order valence-electron chi connectivity index (χ2n) is 4.55. The molecule has 0 aromatic carbocycles. The molecule has 0 saturated carbocycles. The Morgan fingerprint density at radius 2 is 1.54 bits per heavy atom. The van der Waals surface area contributed by atoms with Gasteiger partial charge in [0.2, 0.25) is 0 Å². The van der Waals surface area contributed by atoms with Gasteiger partial charge in [-0.3, -0.25) is 0 Å². The fourth-order valence-corrected chi connectivity index (χ4v) is 1.17. The second-order valence-corrected chi connectivity index (χ2v) is 4.55. The van der Waals surface area contributed by atoms with Crippen LogP contribution in [0, 0.1) is 0 Å². The third kappa shape index (κ3) is 1.79. The Labute approximate surface area is 80.7 Å². The number of hydrogen-bond acceptors (Lipinski definition) is 3. The maximum atomic E-state index is 5.76. The van der Waals surface area contributed by atoms with Crippen LogP contribution in [0.25, 0.3) is 0 Å². The molecule has 1 heterocycles. The Morgan fingerprint density at radius 1 is 1.15 bits per heavy atom. The standard InChI is InChI=1S/C9H18BNO2/c1-7(11-6)10-12-8(2,3)9(4,5)13-10/h7H,6H2,1-5H3. The molecule has 0 amide bonds. The first-order valence-electron chi connectivity index (χ1n) is 4.61. The lowest BCUT2D eigenvalue weighted by atomic mass is 9.80. The summed E-state index contributed by atoms with van der Waals surface area (Å²) in [7, 11) is -0.262. The summed E-state index contributed by atoms with van der Waals surface area (Å²) in [6.07, 6.45) is 0. The van der Waals surface area contributed by atoms with Gasteiger partial charge in [-0.25, -0.2) is 0 Å². The van der Waals surface area contributed by atoms with E-state index in [9.17, 15) is 0 Å². The Hall–Kier alpha value is -0.345. The lowest BCUT2D eigenvalue weighted by Gasteiger charge is -2.32. The van der Waals surface area contributed by atoms with Crippen LogP contribution in [-0.2, 0) is 9.31 Å². The number of rotatable bonds is 2. The van der Waals surface area contributed by atoms with E-state index in [2.05, 4.69) is 11.7 Å². The highest BCUT2D eigenvalue weighted by Crippen LogP contribution is 2.37. The lowest BCUT2D eigenvalue weighted by molar-refractivity contribution is 0.00578. The van der Waals surface area contributed by atoms with E-state index in [0.29, 0.717) is 0 Å². The molecule has 0 aliphatic carbocycles. The molecular weight excluding hydrogens is 165 g/mol. The molecule has 0 radical (unpaired) electrons. The summed E-state index contributed by atoms with van der Waals surface area (Å²) in [5.41, 5.74) is -0.534. The van der Waals surface area contributed by atoms with E-state index in [4.69, 9.17) is 9.31 Å². The fraction of sp³-hybridized carbons (Fsp3) is 0.889. The molecule has 1 rings (SSSR count). The van der Waals surface area contributed by atoms with Crippen molar-refractivity contribution in [2.24, 2.45) is 4.99 Å². The molecule has 0 aromatic rings. The highest BCUT2D eigenvalue weighted by atomic mass is 16.7. The van der Waals surface area contributed by atoms with Crippen molar-refractivity contribution in [3.8, 4) is 0 Å². The molecule has 1 aliphatic rings. The van der Waals surface area contributed by atoms with Crippen molar-refractivity contribution in [2.45, 2.75) is 51.8 Å². The van der Waals surface area contributed by atoms with Gasteiger partial charge in [-0.15, -0.1) is 0 Å². The number of hydrogen-bond donors (Lipinski definition) is 0. The Bertz CT molecular complexity index is 200. The minimum absolute atomic E-state index is 0.0129. The Balaban J connectivity index is 2.76. The number of aliphatic imine (C=N–C) groups is 1. The number of nitrogens with zero attached hydrogens (tertiary/aromatic N) is 1. The van der Waals surface area contributed by atoms with Crippen LogP contribution in [0.5, 0.6) is 0 Å². The van der Waals surface area contributed by atoms with Crippen molar-refractivity contribution in [3.63, 3.8) is 0 Å². The summed E-state index contributed by atoms with van der Waals surface area (Å²) in [4.78, 5) is 3.90. The predicted molar refractivity (Wildman–Crippen MR) is 55.1 cm³/mol. The summed E-state index contributed by atoms with van der Waals surface area (Å²) in [5, 5.41) is 0. The van der Waals surface area contributed by atoms with Gasteiger partial charge in [0.1, 0.15) is 0 Å². The Morgan fingerprint density at radius 3 is 1.85 bits per heavy atom. The van der Waals surface area contributed by atoms with E-state index in [-0.39, 0.29) is 24.3 Å². The molecule has 1 fully saturated rings. The maximum Gasteiger partial charge on any atom is 0.483 e. The minimum Gasteiger partial charge on any atom is -0.402 e. The molecule has 1 unspecified atom stereocenters. The first-order valence-corrected chi connectivity index (χ1v) is 4.61. The van der Waals surface area contributed by atoms with Gasteiger partial charge in [-0.05, 0) is 41.3 Å². The van der Waals surface area contributed by atoms with Crippen molar-refractivity contribution < 1.29 is 9.31 Å². The molecule has 0 N–H and O–H groups in total. The normalized spacial score (nSPS) is 27.3. The van der Waals surface area contributed by atoms with Crippen LogP contribution in [0.3, 0.4) is 0 Å². The molecule has 1 aliphatic heterocycles. The third-order valence-electron chi connectivity index (χ3n) is 2.95. The summed E-state index contributed by atoms with van der Waals surface area (Å²) in [6.45, 7) is 13.6. The molecule has 3 nitrogen and oxygen atoms in total. The first-order chi connectivity index (χ1) is 5.80. The van der Waals surface area contributed by atoms with Crippen molar-refractivity contribution in [1.29, 1.82) is 0 Å². The zero-order valence-electron chi connectivity index (χ0n) is 9.13. The van der Waals surface area contributed by atoms with Crippen LogP contribution in [-0.4, -0.2) is 31.0 Å². The zero-order valence-corrected chi connectivity index (χ0v) is 9.13. The lowest BCUT2D eigenvalue weighted by Crippen LogP contribution is -2.41. The largest absolute Gasteiger partial charge is 0.483 e. The summed E-state index contributed by atoms with van der Waals surface area (Å²) in [6, 6.07) is 0. The molecule has 0 spiro atoms. The maximum absolute atomic E-state index is 5.76. The summed E-state index contributed by atoms with van der Waals surface area (Å²) in [5.74, 6) is -0.0129. The van der Waals surface area contributed by atoms with E-state index in [1.807, 2.05) is 34.6 Å². The monoisotopic (exact) mass is 183 g/mol. The molecule has 0 bridgehead atoms. The van der Waals surface area contributed by atoms with Gasteiger partial charge in [-0.1, -0.05) is 0 Å². The van der Waals surface area contributed by atoms with Gasteiger partial charge < -0.3 is 14.3 Å². The van der Waals surface area contributed by atoms with Gasteiger partial charge in [0.25, 0.3) is 0 Å². The van der Waals surface area contributed by atoms with Crippen molar-refractivity contribution in [3.05, 3.63) is 0 Å². The molecule has 1 saturated heterocycles. The highest BCUT2D eigenvalue weighted by molar-refractivity contribution is 6.47. The third-order valence-corrected chi connectivity index (χ3v) is 2.95. The quantitative estimate of drug-likeness (QED) is 0.481. The van der Waals surface area contributed by atoms with Gasteiger partial charge in [0.15, 0.2) is 0 Å². The topological polar surface area (TPSA) is 30.8 Å². The van der Waals surface area contributed by atoms with Gasteiger partial charge in [0, 0.05) is 0 Å². The second kappa shape index (κ2) is 3.10. The van der Waals surface area contributed by atoms with E-state index in [1.54, 1.807) is 0 Å². The molecule has 0 aromatic heterocycles. The van der Waals surface area contributed by atoms with Crippen LogP contribution < -0.4 is 0 Å². The average molecular weight is 183 g/mol. The molecular formula is C9H18BNO2. The van der Waals surface area contributed by atoms with Crippen molar-refractivity contribution in [1.82, 2.24) is 0 Å². The van der Waals surface area contributed by atoms with Gasteiger partial charge in [-0.2, -0.15) is 0 Å². The fourth-order valence-electron chi connectivity index (χ4n) is 1.17. The van der Waals surface area contributed by atoms with Gasteiger partial charge in [0.05, 0.1) is 17.1 Å². The smallest absolute Gasteiger partial charge is 0.402 e.